The molecule has 1 aliphatic rings. The summed E-state index contributed by atoms with van der Waals surface area (Å²) in [6.45, 7) is 8.37. The molecular formula is C18H31NO6. The molecule has 0 spiro atoms. The van der Waals surface area contributed by atoms with Crippen LogP contribution in [-0.2, 0) is 23.9 Å². The van der Waals surface area contributed by atoms with Crippen molar-refractivity contribution in [3.8, 4) is 0 Å². The minimum Gasteiger partial charge on any atom is -0.464 e. The van der Waals surface area contributed by atoms with Gasteiger partial charge in [0, 0.05) is 25.5 Å². The van der Waals surface area contributed by atoms with E-state index in [1.54, 1.807) is 6.92 Å². The zero-order valence-corrected chi connectivity index (χ0v) is 15.6. The van der Waals surface area contributed by atoms with E-state index in [9.17, 15) is 14.4 Å². The number of Topliss-reactive ketones (excluding diaryl/α,β-unsaturated/α-hetero) is 1. The molecule has 4 atom stereocenters. The molecule has 0 aromatic carbocycles. The predicted octanol–water partition coefficient (Wildman–Crippen LogP) is 1.07. The van der Waals surface area contributed by atoms with Gasteiger partial charge in [-0.05, 0) is 31.6 Å². The molecule has 2 N–H and O–H groups in total. The Kier molecular flexibility index (Phi) is 9.06. The Morgan fingerprint density at radius 1 is 1.20 bits per heavy atom. The second-order valence-corrected chi connectivity index (χ2v) is 7.09. The van der Waals surface area contributed by atoms with E-state index in [-0.39, 0.29) is 43.2 Å². The Bertz CT molecular complexity index is 464. The number of ketones is 1. The van der Waals surface area contributed by atoms with Crippen LogP contribution in [0.5, 0.6) is 0 Å². The lowest BCUT2D eigenvalue weighted by atomic mass is 9.90. The van der Waals surface area contributed by atoms with Crippen molar-refractivity contribution in [3.05, 3.63) is 0 Å². The second kappa shape index (κ2) is 10.5. The highest BCUT2D eigenvalue weighted by Crippen LogP contribution is 2.28. The molecule has 1 heterocycles. The van der Waals surface area contributed by atoms with E-state index in [1.165, 1.54) is 0 Å². The lowest BCUT2D eigenvalue weighted by Gasteiger charge is -2.18. The number of carbonyl (C=O) groups excluding carboxylic acids is 3. The van der Waals surface area contributed by atoms with Crippen LogP contribution in [-0.4, -0.2) is 54.7 Å². The van der Waals surface area contributed by atoms with E-state index in [0.29, 0.717) is 19.4 Å². The van der Waals surface area contributed by atoms with Gasteiger partial charge in [0.1, 0.15) is 0 Å². The van der Waals surface area contributed by atoms with Gasteiger partial charge in [-0.25, -0.2) is 4.79 Å². The molecule has 1 aliphatic heterocycles. The third-order valence-corrected chi connectivity index (χ3v) is 4.15. The number of amides is 1. The highest BCUT2D eigenvalue weighted by Gasteiger charge is 2.51. The first-order valence-electron chi connectivity index (χ1n) is 9.03. The van der Waals surface area contributed by atoms with Crippen molar-refractivity contribution in [2.24, 2.45) is 17.8 Å². The molecule has 25 heavy (non-hydrogen) atoms. The minimum atomic E-state index is -0.819. The van der Waals surface area contributed by atoms with E-state index in [0.717, 1.165) is 0 Å². The van der Waals surface area contributed by atoms with Crippen LogP contribution in [0.25, 0.3) is 0 Å². The van der Waals surface area contributed by atoms with Crippen molar-refractivity contribution < 1.29 is 29.0 Å². The number of ether oxygens (including phenoxy) is 2. The smallest absolute Gasteiger partial charge is 0.338 e. The molecule has 0 radical (unpaired) electrons. The van der Waals surface area contributed by atoms with Gasteiger partial charge in [-0.2, -0.15) is 0 Å². The van der Waals surface area contributed by atoms with Gasteiger partial charge in [0.25, 0.3) is 0 Å². The summed E-state index contributed by atoms with van der Waals surface area (Å²) >= 11 is 0. The maximum absolute atomic E-state index is 12.4. The van der Waals surface area contributed by atoms with Crippen LogP contribution in [0, 0.1) is 17.8 Å². The molecule has 0 bridgehead atoms. The van der Waals surface area contributed by atoms with Crippen LogP contribution in [0.4, 0.5) is 0 Å². The molecular weight excluding hydrogens is 326 g/mol. The van der Waals surface area contributed by atoms with Gasteiger partial charge in [-0.3, -0.25) is 9.59 Å². The van der Waals surface area contributed by atoms with Gasteiger partial charge in [0.2, 0.25) is 5.91 Å². The van der Waals surface area contributed by atoms with Crippen molar-refractivity contribution in [3.63, 3.8) is 0 Å². The third kappa shape index (κ3) is 7.52. The van der Waals surface area contributed by atoms with Crippen LogP contribution in [0.15, 0.2) is 0 Å². The zero-order valence-electron chi connectivity index (χ0n) is 15.6. The molecule has 1 saturated heterocycles. The van der Waals surface area contributed by atoms with E-state index in [2.05, 4.69) is 5.32 Å². The highest BCUT2D eigenvalue weighted by molar-refractivity contribution is 5.96. The molecule has 7 nitrogen and oxygen atoms in total. The molecule has 1 amide bonds. The van der Waals surface area contributed by atoms with Crippen LogP contribution in [0.1, 0.15) is 47.0 Å². The summed E-state index contributed by atoms with van der Waals surface area (Å²) in [5.41, 5.74) is 0. The first-order chi connectivity index (χ1) is 11.8. The number of aliphatic hydroxyl groups excluding tert-OH is 1. The fourth-order valence-corrected chi connectivity index (χ4v) is 2.65. The maximum atomic E-state index is 12.4. The molecule has 1 rings (SSSR count). The van der Waals surface area contributed by atoms with Crippen LogP contribution in [0.2, 0.25) is 0 Å². The summed E-state index contributed by atoms with van der Waals surface area (Å²) < 4.78 is 9.96. The van der Waals surface area contributed by atoms with E-state index in [4.69, 9.17) is 14.6 Å². The summed E-state index contributed by atoms with van der Waals surface area (Å²) in [7, 11) is 0. The predicted molar refractivity (Wildman–Crippen MR) is 91.7 cm³/mol. The number of aliphatic hydroxyl groups is 1. The summed E-state index contributed by atoms with van der Waals surface area (Å²) in [5.74, 6) is -0.979. The molecule has 0 saturated carbocycles. The normalized spacial score (nSPS) is 21.5. The summed E-state index contributed by atoms with van der Waals surface area (Å²) in [5, 5.41) is 11.9. The van der Waals surface area contributed by atoms with Crippen molar-refractivity contribution in [2.75, 3.05) is 19.8 Å². The number of hydrogen-bond donors (Lipinski definition) is 2. The van der Waals surface area contributed by atoms with Crippen molar-refractivity contribution in [2.45, 2.75) is 59.2 Å². The Balaban J connectivity index is 2.51. The quantitative estimate of drug-likeness (QED) is 0.400. The van der Waals surface area contributed by atoms with E-state index < -0.39 is 24.1 Å². The average Bonchev–Trinajstić information content (AvgIpc) is 3.34. The summed E-state index contributed by atoms with van der Waals surface area (Å²) in [4.78, 5) is 36.2. The van der Waals surface area contributed by atoms with Crippen LogP contribution in [0.3, 0.4) is 0 Å². The summed E-state index contributed by atoms with van der Waals surface area (Å²) in [6, 6.07) is 0. The van der Waals surface area contributed by atoms with Gasteiger partial charge < -0.3 is 19.9 Å². The number of rotatable bonds is 12. The van der Waals surface area contributed by atoms with Crippen LogP contribution < -0.4 is 5.32 Å². The lowest BCUT2D eigenvalue weighted by Crippen LogP contribution is -2.35. The number of epoxide rings is 1. The number of carbonyl (C=O) groups is 3. The molecule has 7 heteroatoms. The Labute approximate surface area is 149 Å². The largest absolute Gasteiger partial charge is 0.464 e. The Morgan fingerprint density at radius 2 is 1.88 bits per heavy atom. The molecule has 144 valence electrons. The molecule has 1 fully saturated rings. The molecule has 1 unspecified atom stereocenters. The lowest BCUT2D eigenvalue weighted by molar-refractivity contribution is -0.144. The van der Waals surface area contributed by atoms with Gasteiger partial charge in [-0.1, -0.05) is 20.8 Å². The minimum absolute atomic E-state index is 0.0557. The van der Waals surface area contributed by atoms with Crippen molar-refractivity contribution in [1.82, 2.24) is 5.32 Å². The first-order valence-corrected chi connectivity index (χ1v) is 9.03. The maximum Gasteiger partial charge on any atom is 0.338 e. The SMILES string of the molecule is CCOC(=O)[C@H]1O[C@@H]1C(=O)C[C@@H](CC(C)C)C(=O)NCCC(C)CO. The standard InChI is InChI=1S/C18H31NO6/c1-5-24-18(23)16-15(25-16)14(21)9-13(8-11(2)3)17(22)19-7-6-12(4)10-20/h11-13,15-16,20H,5-10H2,1-4H3,(H,19,22)/t12?,13-,15-,16+/m1/s1. The Morgan fingerprint density at radius 3 is 2.44 bits per heavy atom. The zero-order chi connectivity index (χ0) is 19.0. The Hall–Kier alpha value is -1.47. The van der Waals surface area contributed by atoms with Crippen molar-refractivity contribution in [1.29, 1.82) is 0 Å². The fourth-order valence-electron chi connectivity index (χ4n) is 2.65. The monoisotopic (exact) mass is 357 g/mol. The third-order valence-electron chi connectivity index (χ3n) is 4.15. The van der Waals surface area contributed by atoms with Gasteiger partial charge in [-0.15, -0.1) is 0 Å². The van der Waals surface area contributed by atoms with Gasteiger partial charge >= 0.3 is 5.97 Å². The van der Waals surface area contributed by atoms with Crippen LogP contribution >= 0.6 is 0 Å². The molecule has 0 aromatic rings. The van der Waals surface area contributed by atoms with E-state index in [1.807, 2.05) is 20.8 Å². The number of nitrogens with one attached hydrogen (secondary N) is 1. The first kappa shape index (κ1) is 21.6. The fraction of sp³-hybridized carbons (Fsp3) is 0.833. The average molecular weight is 357 g/mol. The molecule has 0 aromatic heterocycles. The van der Waals surface area contributed by atoms with E-state index >= 15 is 0 Å². The topological polar surface area (TPSA) is 105 Å². The highest BCUT2D eigenvalue weighted by atomic mass is 16.6. The molecule has 0 aliphatic carbocycles. The van der Waals surface area contributed by atoms with Gasteiger partial charge in [0.05, 0.1) is 6.61 Å². The number of hydrogen-bond acceptors (Lipinski definition) is 6. The number of esters is 1. The van der Waals surface area contributed by atoms with Gasteiger partial charge in [0.15, 0.2) is 18.0 Å². The summed E-state index contributed by atoms with van der Waals surface area (Å²) in [6.07, 6.45) is -0.276. The van der Waals surface area contributed by atoms with Crippen molar-refractivity contribution >= 4 is 17.7 Å². The second-order valence-electron chi connectivity index (χ2n) is 7.09.